The van der Waals surface area contributed by atoms with Gasteiger partial charge in [-0.3, -0.25) is 4.79 Å². The highest BCUT2D eigenvalue weighted by Crippen LogP contribution is 2.26. The Bertz CT molecular complexity index is 422. The van der Waals surface area contributed by atoms with Crippen LogP contribution in [0.3, 0.4) is 0 Å². The summed E-state index contributed by atoms with van der Waals surface area (Å²) in [5, 5.41) is 3.06. The van der Waals surface area contributed by atoms with E-state index in [1.165, 1.54) is 31.2 Å². The van der Waals surface area contributed by atoms with Crippen molar-refractivity contribution in [3.8, 4) is 0 Å². The van der Waals surface area contributed by atoms with Crippen molar-refractivity contribution >= 4 is 5.91 Å². The zero-order valence-electron chi connectivity index (χ0n) is 12.8. The molecule has 0 unspecified atom stereocenters. The number of carbonyl (C=O) groups is 1. The molecule has 1 aliphatic carbocycles. The standard InChI is InChI=1S/C17H26N2O/c1-19(2,16-10-6-7-11-16)14-17(20)18-13-12-15-8-4-3-5-9-15/h3-5,8-9,16H,6-7,10-14H2,1-2H3/p+1. The van der Waals surface area contributed by atoms with Crippen molar-refractivity contribution in [2.24, 2.45) is 0 Å². The Hall–Kier alpha value is -1.35. The maximum atomic E-state index is 12.1. The van der Waals surface area contributed by atoms with Gasteiger partial charge in [-0.25, -0.2) is 0 Å². The van der Waals surface area contributed by atoms with Crippen LogP contribution in [-0.4, -0.2) is 43.6 Å². The van der Waals surface area contributed by atoms with Gasteiger partial charge < -0.3 is 9.80 Å². The number of benzene rings is 1. The Labute approximate surface area is 122 Å². The monoisotopic (exact) mass is 275 g/mol. The van der Waals surface area contributed by atoms with Crippen molar-refractivity contribution in [2.75, 3.05) is 27.2 Å². The van der Waals surface area contributed by atoms with Crippen molar-refractivity contribution < 1.29 is 9.28 Å². The molecule has 3 heteroatoms. The molecule has 20 heavy (non-hydrogen) atoms. The van der Waals surface area contributed by atoms with Crippen LogP contribution >= 0.6 is 0 Å². The minimum Gasteiger partial charge on any atom is -0.351 e. The fraction of sp³-hybridized carbons (Fsp3) is 0.588. The first kappa shape index (κ1) is 15.0. The van der Waals surface area contributed by atoms with Crippen molar-refractivity contribution in [3.05, 3.63) is 35.9 Å². The summed E-state index contributed by atoms with van der Waals surface area (Å²) in [6.45, 7) is 1.33. The van der Waals surface area contributed by atoms with Crippen LogP contribution in [0.1, 0.15) is 31.2 Å². The normalized spacial score (nSPS) is 16.3. The molecule has 0 spiro atoms. The molecule has 1 aromatic rings. The van der Waals surface area contributed by atoms with E-state index in [9.17, 15) is 4.79 Å². The summed E-state index contributed by atoms with van der Waals surface area (Å²) < 4.78 is 0.831. The van der Waals surface area contributed by atoms with Crippen molar-refractivity contribution in [1.82, 2.24) is 5.32 Å². The third kappa shape index (κ3) is 4.34. The third-order valence-electron chi connectivity index (χ3n) is 4.44. The molecular formula is C17H27N2O+. The lowest BCUT2D eigenvalue weighted by molar-refractivity contribution is -0.906. The van der Waals surface area contributed by atoms with Crippen LogP contribution in [0.15, 0.2) is 30.3 Å². The summed E-state index contributed by atoms with van der Waals surface area (Å²) in [5.74, 6) is 0.179. The van der Waals surface area contributed by atoms with E-state index in [0.29, 0.717) is 12.6 Å². The number of nitrogens with zero attached hydrogens (tertiary/aromatic N) is 1. The molecule has 0 bridgehead atoms. The minimum atomic E-state index is 0.179. The number of rotatable bonds is 6. The molecule has 0 radical (unpaired) electrons. The molecule has 1 aromatic carbocycles. The highest BCUT2D eigenvalue weighted by atomic mass is 16.2. The predicted octanol–water partition coefficient (Wildman–Crippen LogP) is 2.36. The van der Waals surface area contributed by atoms with Gasteiger partial charge in [0.15, 0.2) is 6.54 Å². The fourth-order valence-electron chi connectivity index (χ4n) is 3.15. The van der Waals surface area contributed by atoms with Gasteiger partial charge in [0.2, 0.25) is 0 Å². The number of amides is 1. The topological polar surface area (TPSA) is 29.1 Å². The lowest BCUT2D eigenvalue weighted by atomic mass is 10.1. The molecule has 2 rings (SSSR count). The number of carbonyl (C=O) groups excluding carboxylic acids is 1. The second kappa shape index (κ2) is 6.89. The maximum absolute atomic E-state index is 12.1. The van der Waals surface area contributed by atoms with Crippen molar-refractivity contribution in [1.29, 1.82) is 0 Å². The number of hydrogen-bond acceptors (Lipinski definition) is 1. The predicted molar refractivity (Wildman–Crippen MR) is 82.4 cm³/mol. The van der Waals surface area contributed by atoms with Gasteiger partial charge in [0.05, 0.1) is 20.1 Å². The van der Waals surface area contributed by atoms with Crippen LogP contribution < -0.4 is 5.32 Å². The zero-order valence-corrected chi connectivity index (χ0v) is 12.8. The smallest absolute Gasteiger partial charge is 0.275 e. The van der Waals surface area contributed by atoms with E-state index in [0.717, 1.165) is 17.4 Å². The number of nitrogens with one attached hydrogen (secondary N) is 1. The molecular weight excluding hydrogens is 248 g/mol. The number of quaternary nitrogens is 1. The van der Waals surface area contributed by atoms with Gasteiger partial charge in [-0.2, -0.15) is 0 Å². The molecule has 1 N–H and O–H groups in total. The molecule has 3 nitrogen and oxygen atoms in total. The molecule has 1 saturated carbocycles. The minimum absolute atomic E-state index is 0.179. The van der Waals surface area contributed by atoms with Gasteiger partial charge in [0, 0.05) is 6.54 Å². The summed E-state index contributed by atoms with van der Waals surface area (Å²) in [7, 11) is 4.37. The quantitative estimate of drug-likeness (QED) is 0.793. The molecule has 1 amide bonds. The van der Waals surface area contributed by atoms with E-state index < -0.39 is 0 Å². The van der Waals surface area contributed by atoms with E-state index in [-0.39, 0.29) is 5.91 Å². The maximum Gasteiger partial charge on any atom is 0.275 e. The van der Waals surface area contributed by atoms with E-state index >= 15 is 0 Å². The summed E-state index contributed by atoms with van der Waals surface area (Å²) in [4.78, 5) is 12.1. The fourth-order valence-corrected chi connectivity index (χ4v) is 3.15. The Morgan fingerprint density at radius 1 is 1.20 bits per heavy atom. The molecule has 0 atom stereocenters. The van der Waals surface area contributed by atoms with Gasteiger partial charge in [-0.15, -0.1) is 0 Å². The molecule has 110 valence electrons. The van der Waals surface area contributed by atoms with Crippen LogP contribution in [-0.2, 0) is 11.2 Å². The molecule has 0 heterocycles. The Morgan fingerprint density at radius 2 is 1.85 bits per heavy atom. The average molecular weight is 275 g/mol. The zero-order chi connectivity index (χ0) is 14.4. The second-order valence-corrected chi connectivity index (χ2v) is 6.46. The SMILES string of the molecule is C[N+](C)(CC(=O)NCCc1ccccc1)C1CCCC1. The van der Waals surface area contributed by atoms with Gasteiger partial charge >= 0.3 is 0 Å². The van der Waals surface area contributed by atoms with Crippen LogP contribution in [0.25, 0.3) is 0 Å². The highest BCUT2D eigenvalue weighted by molar-refractivity contribution is 5.77. The molecule has 1 aliphatic rings. The van der Waals surface area contributed by atoms with E-state index in [1.807, 2.05) is 18.2 Å². The van der Waals surface area contributed by atoms with Crippen molar-refractivity contribution in [2.45, 2.75) is 38.1 Å². The van der Waals surface area contributed by atoms with E-state index in [1.54, 1.807) is 0 Å². The summed E-state index contributed by atoms with van der Waals surface area (Å²) in [5.41, 5.74) is 1.28. The lowest BCUT2D eigenvalue weighted by Gasteiger charge is -2.35. The highest BCUT2D eigenvalue weighted by Gasteiger charge is 2.32. The first-order chi connectivity index (χ1) is 9.58. The van der Waals surface area contributed by atoms with Crippen LogP contribution in [0.2, 0.25) is 0 Å². The summed E-state index contributed by atoms with van der Waals surface area (Å²) in [6, 6.07) is 11.0. The molecule has 0 saturated heterocycles. The van der Waals surface area contributed by atoms with Crippen LogP contribution in [0.5, 0.6) is 0 Å². The van der Waals surface area contributed by atoms with Gasteiger partial charge in [0.25, 0.3) is 5.91 Å². The van der Waals surface area contributed by atoms with E-state index in [4.69, 9.17) is 0 Å². The first-order valence-electron chi connectivity index (χ1n) is 7.71. The Balaban J connectivity index is 1.72. The summed E-state index contributed by atoms with van der Waals surface area (Å²) in [6.07, 6.45) is 6.09. The van der Waals surface area contributed by atoms with Crippen LogP contribution in [0, 0.1) is 0 Å². The van der Waals surface area contributed by atoms with Gasteiger partial charge in [0.1, 0.15) is 0 Å². The van der Waals surface area contributed by atoms with Gasteiger partial charge in [-0.1, -0.05) is 30.3 Å². The molecule has 1 fully saturated rings. The third-order valence-corrected chi connectivity index (χ3v) is 4.44. The number of likely N-dealkylation sites (N-methyl/N-ethyl adjacent to an activating group) is 1. The van der Waals surface area contributed by atoms with Gasteiger partial charge in [-0.05, 0) is 37.7 Å². The Kier molecular flexibility index (Phi) is 5.18. The van der Waals surface area contributed by atoms with Crippen molar-refractivity contribution in [3.63, 3.8) is 0 Å². The lowest BCUT2D eigenvalue weighted by Crippen LogP contribution is -2.53. The molecule has 0 aliphatic heterocycles. The summed E-state index contributed by atoms with van der Waals surface area (Å²) >= 11 is 0. The first-order valence-corrected chi connectivity index (χ1v) is 7.71. The number of hydrogen-bond donors (Lipinski definition) is 1. The molecule has 0 aromatic heterocycles. The van der Waals surface area contributed by atoms with Crippen LogP contribution in [0.4, 0.5) is 0 Å². The average Bonchev–Trinajstić information content (AvgIpc) is 2.94. The van der Waals surface area contributed by atoms with E-state index in [2.05, 4.69) is 31.5 Å². The second-order valence-electron chi connectivity index (χ2n) is 6.46. The Morgan fingerprint density at radius 3 is 2.50 bits per heavy atom. The largest absolute Gasteiger partial charge is 0.351 e.